The molecule has 1 aliphatic carbocycles. The van der Waals surface area contributed by atoms with Gasteiger partial charge in [-0.3, -0.25) is 9.59 Å². The molecule has 0 saturated carbocycles. The number of rotatable bonds is 17. The van der Waals surface area contributed by atoms with E-state index in [0.29, 0.717) is 5.56 Å². The van der Waals surface area contributed by atoms with E-state index in [1.54, 1.807) is 71.0 Å². The quantitative estimate of drug-likeness (QED) is 0.0853. The average molecular weight is 1190 g/mol. The van der Waals surface area contributed by atoms with Gasteiger partial charge in [0.15, 0.2) is 30.9 Å². The Hall–Kier alpha value is -4.75. The summed E-state index contributed by atoms with van der Waals surface area (Å²) in [6.07, 6.45) is -23.5. The molecule has 24 atom stereocenters. The van der Waals surface area contributed by atoms with E-state index in [1.165, 1.54) is 34.1 Å². The van der Waals surface area contributed by atoms with Crippen LogP contribution in [0.1, 0.15) is 101 Å². The highest BCUT2D eigenvalue weighted by Gasteiger charge is 2.51. The molecule has 0 spiro atoms. The van der Waals surface area contributed by atoms with E-state index in [-0.39, 0.29) is 78.2 Å². The third kappa shape index (κ3) is 13.5. The minimum atomic E-state index is -1.65. The van der Waals surface area contributed by atoms with Gasteiger partial charge >= 0.3 is 5.97 Å². The lowest BCUT2D eigenvalue weighted by molar-refractivity contribution is -0.334. The van der Waals surface area contributed by atoms with Crippen molar-refractivity contribution in [2.75, 3.05) is 14.2 Å². The van der Waals surface area contributed by atoms with Crippen LogP contribution in [0.15, 0.2) is 42.5 Å². The molecular weight excluding hydrogens is 1110 g/mol. The number of benzene rings is 3. The Bertz CT molecular complexity index is 2780. The van der Waals surface area contributed by atoms with Crippen molar-refractivity contribution in [3.05, 3.63) is 64.7 Å². The maximum atomic E-state index is 15.4. The minimum Gasteiger partial charge on any atom is -0.507 e. The van der Waals surface area contributed by atoms with Gasteiger partial charge in [0.1, 0.15) is 66.0 Å². The highest BCUT2D eigenvalue weighted by atomic mass is 16.7. The second kappa shape index (κ2) is 26.3. The minimum absolute atomic E-state index is 0.0320. The molecule has 0 bridgehead atoms. The maximum absolute atomic E-state index is 15.4. The molecule has 25 heteroatoms. The molecule has 5 aliphatic heterocycles. The van der Waals surface area contributed by atoms with Crippen molar-refractivity contribution in [2.24, 2.45) is 5.92 Å². The molecule has 1 amide bonds. The Morgan fingerprint density at radius 3 is 1.77 bits per heavy atom. The summed E-state index contributed by atoms with van der Waals surface area (Å²) in [4.78, 5) is 43.3. The number of fused-ring (bicyclic) bond motifs is 2. The summed E-state index contributed by atoms with van der Waals surface area (Å²) in [7, 11) is 2.43. The first-order chi connectivity index (χ1) is 39.8. The predicted octanol–water partition coefficient (Wildman–Crippen LogP) is 1.34. The molecule has 466 valence electrons. The number of aliphatic hydroxyl groups excluding tert-OH is 6. The zero-order valence-electron chi connectivity index (χ0n) is 48.4. The van der Waals surface area contributed by atoms with Crippen LogP contribution in [0.3, 0.4) is 0 Å². The standard InChI is InChI=1S/C59H81NO24/c1-24-36(80-41-20-37(49(64)26(3)76-41)81-40-19-35(61)48(63)25(2)75-40)18-32-16-31-17-33(55(73-8)57(70)60-34(58(71)74-9)15-30-13-11-10-12-14-30)54(53(68)46(31)52(67)45(32)47(24)62)84-43-22-38(50(65)28(5)78-43)82-42-21-39(51(66)27(4)77-42)83-44-23-59(7,72)56(69)29(6)79-44/h10-14,16,18,25-29,33-35,37-44,48-51,54-56,61-67,69,72H,15,17,19-23H2,1-9H3,(H,60,70)/t25-,26-,27-,28-,29-,33-,34+,35-,37-,38-,39-,40+,41+,42+,43+,44+,48-,49-,50-,51-,54+,55+,56-,59+/m1/s1. The molecule has 3 aromatic carbocycles. The van der Waals surface area contributed by atoms with E-state index >= 15 is 4.79 Å². The second-order valence-corrected chi connectivity index (χ2v) is 23.4. The Kier molecular flexibility index (Phi) is 20.0. The first-order valence-corrected chi connectivity index (χ1v) is 28.6. The van der Waals surface area contributed by atoms with Gasteiger partial charge in [-0.1, -0.05) is 30.3 Å². The van der Waals surface area contributed by atoms with Gasteiger partial charge in [-0.2, -0.15) is 0 Å². The van der Waals surface area contributed by atoms with Crippen LogP contribution >= 0.6 is 0 Å². The fraction of sp³-hybridized carbons (Fsp3) is 0.678. The van der Waals surface area contributed by atoms with E-state index in [1.807, 2.05) is 0 Å². The van der Waals surface area contributed by atoms with Crippen molar-refractivity contribution < 1.29 is 117 Å². The van der Waals surface area contributed by atoms with E-state index in [4.69, 9.17) is 56.8 Å². The molecule has 10 N–H and O–H groups in total. The number of aromatic hydroxyl groups is 2. The molecule has 25 nitrogen and oxygen atoms in total. The number of phenolic OH excluding ortho intramolecular Hbond substituents is 2. The normalized spacial score (nSPS) is 39.0. The summed E-state index contributed by atoms with van der Waals surface area (Å²) in [6, 6.07) is 10.8. The lowest BCUT2D eigenvalue weighted by Crippen LogP contribution is -2.58. The third-order valence-electron chi connectivity index (χ3n) is 17.2. The van der Waals surface area contributed by atoms with Gasteiger partial charge in [-0.25, -0.2) is 4.79 Å². The molecule has 9 rings (SSSR count). The first-order valence-electron chi connectivity index (χ1n) is 28.6. The number of hydrogen-bond acceptors (Lipinski definition) is 24. The lowest BCUT2D eigenvalue weighted by Gasteiger charge is -2.46. The molecule has 0 aromatic heterocycles. The van der Waals surface area contributed by atoms with E-state index in [9.17, 15) is 55.5 Å². The number of aliphatic hydroxyl groups is 7. The van der Waals surface area contributed by atoms with Gasteiger partial charge in [0.2, 0.25) is 12.2 Å². The molecule has 5 saturated heterocycles. The summed E-state index contributed by atoms with van der Waals surface area (Å²) in [5, 5.41) is 103. The molecular formula is C59H81NO24. The predicted molar refractivity (Wildman–Crippen MR) is 290 cm³/mol. The number of ketones is 1. The van der Waals surface area contributed by atoms with Crippen LogP contribution in [-0.2, 0) is 74.5 Å². The fourth-order valence-corrected chi connectivity index (χ4v) is 12.4. The number of esters is 1. The largest absolute Gasteiger partial charge is 0.507 e. The van der Waals surface area contributed by atoms with Gasteiger partial charge in [-0.15, -0.1) is 0 Å². The molecule has 5 heterocycles. The van der Waals surface area contributed by atoms with E-state index < -0.39 is 176 Å². The van der Waals surface area contributed by atoms with Gasteiger partial charge in [0.05, 0.1) is 78.6 Å². The highest BCUT2D eigenvalue weighted by Crippen LogP contribution is 2.47. The Morgan fingerprint density at radius 1 is 0.690 bits per heavy atom. The zero-order valence-corrected chi connectivity index (χ0v) is 48.4. The molecule has 0 radical (unpaired) electrons. The van der Waals surface area contributed by atoms with E-state index in [2.05, 4.69) is 5.32 Å². The molecule has 3 aromatic rings. The molecule has 6 aliphatic rings. The number of carbonyl (C=O) groups is 3. The number of methoxy groups -OCH3 is 2. The van der Waals surface area contributed by atoms with Crippen molar-refractivity contribution in [2.45, 2.75) is 234 Å². The zero-order chi connectivity index (χ0) is 60.8. The van der Waals surface area contributed by atoms with Crippen LogP contribution in [0.5, 0.6) is 17.2 Å². The molecule has 0 unspecified atom stereocenters. The second-order valence-electron chi connectivity index (χ2n) is 23.4. The number of ether oxygens (including phenoxy) is 12. The van der Waals surface area contributed by atoms with Crippen LogP contribution in [0.4, 0.5) is 0 Å². The van der Waals surface area contributed by atoms with Crippen molar-refractivity contribution in [3.63, 3.8) is 0 Å². The van der Waals surface area contributed by atoms with Crippen LogP contribution in [0, 0.1) is 12.8 Å². The summed E-state index contributed by atoms with van der Waals surface area (Å²) < 4.78 is 72.5. The number of Topliss-reactive ketones (excluding diaryl/α,β-unsaturated/α-hetero) is 1. The van der Waals surface area contributed by atoms with Gasteiger partial charge < -0.3 is 108 Å². The van der Waals surface area contributed by atoms with Crippen molar-refractivity contribution >= 4 is 28.4 Å². The number of nitrogens with one attached hydrogen (secondary N) is 1. The Balaban J connectivity index is 0.996. The van der Waals surface area contributed by atoms with Crippen LogP contribution in [0.2, 0.25) is 0 Å². The van der Waals surface area contributed by atoms with Crippen LogP contribution in [0.25, 0.3) is 10.8 Å². The van der Waals surface area contributed by atoms with Gasteiger partial charge in [0, 0.05) is 57.1 Å². The highest BCUT2D eigenvalue weighted by molar-refractivity contribution is 6.11. The summed E-state index contributed by atoms with van der Waals surface area (Å²) >= 11 is 0. The van der Waals surface area contributed by atoms with Crippen molar-refractivity contribution in [1.29, 1.82) is 0 Å². The number of carbonyl (C=O) groups excluding carboxylic acids is 3. The molecule has 84 heavy (non-hydrogen) atoms. The van der Waals surface area contributed by atoms with Crippen molar-refractivity contribution in [1.82, 2.24) is 5.32 Å². The Labute approximate surface area is 485 Å². The topological polar surface area (TPSA) is 356 Å². The van der Waals surface area contributed by atoms with Crippen LogP contribution < -0.4 is 10.1 Å². The maximum Gasteiger partial charge on any atom is 0.328 e. The summed E-state index contributed by atoms with van der Waals surface area (Å²) in [6.45, 7) is 10.9. The average Bonchev–Trinajstić information content (AvgIpc) is 1.35. The lowest BCUT2D eigenvalue weighted by atomic mass is 9.76. The first kappa shape index (κ1) is 63.7. The number of amides is 1. The monoisotopic (exact) mass is 1190 g/mol. The van der Waals surface area contributed by atoms with Gasteiger partial charge in [0.25, 0.3) is 0 Å². The van der Waals surface area contributed by atoms with Gasteiger partial charge in [-0.05, 0) is 83.5 Å². The number of hydrogen-bond donors (Lipinski definition) is 10. The van der Waals surface area contributed by atoms with Crippen LogP contribution in [-0.4, -0.2) is 219 Å². The SMILES string of the molecule is COC(=O)[C@H](Cc1ccccc1)NC(=O)[C@@H](OC)[C@@H]1Cc2cc3cc(O[C@H]4C[C@@H](O[C@H]5C[C@@H](O)[C@H](O)[C@@H](C)O5)[C@H](O)[C@@H](C)O4)c(C)c(O)c3c(O)c2C(=O)[C@H]1O[C@H]1C[C@@H](O[C@H]2C[C@@H](O[C@H]3C[C@](C)(O)[C@H](O)[C@@H](C)O3)[C@H](O)[C@@H](C)O2)[C@H](O)[C@@H](C)O1. The smallest absolute Gasteiger partial charge is 0.328 e. The number of phenols is 2. The Morgan fingerprint density at radius 2 is 1.21 bits per heavy atom. The molecule has 5 fully saturated rings. The third-order valence-corrected chi connectivity index (χ3v) is 17.2. The van der Waals surface area contributed by atoms with Crippen molar-refractivity contribution in [3.8, 4) is 17.2 Å². The summed E-state index contributed by atoms with van der Waals surface area (Å²) in [5.41, 5.74) is -0.731. The summed E-state index contributed by atoms with van der Waals surface area (Å²) in [5.74, 6) is -4.59. The van der Waals surface area contributed by atoms with E-state index in [0.717, 1.165) is 0 Å². The fourth-order valence-electron chi connectivity index (χ4n) is 12.4.